The number of halogens is 4. The van der Waals surface area contributed by atoms with Crippen molar-refractivity contribution in [3.05, 3.63) is 54.4 Å². The molecule has 5 heteroatoms. The van der Waals surface area contributed by atoms with Gasteiger partial charge in [0, 0.05) is 19.8 Å². The minimum absolute atomic E-state index is 0.131. The van der Waals surface area contributed by atoms with E-state index in [9.17, 15) is 4.39 Å². The molecule has 1 aromatic heterocycles. The topological polar surface area (TPSA) is 0 Å². The van der Waals surface area contributed by atoms with Crippen molar-refractivity contribution in [1.82, 2.24) is 0 Å². The van der Waals surface area contributed by atoms with Crippen LogP contribution < -0.4 is 0 Å². The van der Waals surface area contributed by atoms with Crippen molar-refractivity contribution in [2.75, 3.05) is 0 Å². The zero-order valence-corrected chi connectivity index (χ0v) is 14.6. The standard InChI is InChI=1S/C14H10Br2ClFS/c15-9-6-11(18)8(5-10(9)17)14(16)13-4-7-2-1-3-12(7)19-13/h4-6,14H,1-3H2. The summed E-state index contributed by atoms with van der Waals surface area (Å²) in [6, 6.07) is 5.31. The fourth-order valence-electron chi connectivity index (χ4n) is 2.36. The maximum atomic E-state index is 14.1. The highest BCUT2D eigenvalue weighted by atomic mass is 79.9. The Bertz CT molecular complexity index is 617. The molecule has 0 spiro atoms. The monoisotopic (exact) mass is 422 g/mol. The van der Waals surface area contributed by atoms with Crippen LogP contribution in [-0.2, 0) is 12.8 Å². The van der Waals surface area contributed by atoms with E-state index in [0.717, 1.165) is 17.7 Å². The number of hydrogen-bond donors (Lipinski definition) is 0. The normalized spacial score (nSPS) is 15.6. The minimum atomic E-state index is -0.244. The first-order chi connectivity index (χ1) is 9.06. The Kier molecular flexibility index (Phi) is 4.05. The molecule has 3 rings (SSSR count). The molecule has 0 saturated heterocycles. The first-order valence-electron chi connectivity index (χ1n) is 5.96. The lowest BCUT2D eigenvalue weighted by molar-refractivity contribution is 0.613. The van der Waals surface area contributed by atoms with E-state index in [1.54, 1.807) is 17.4 Å². The Labute approximate surface area is 137 Å². The molecule has 1 unspecified atom stereocenters. The molecule has 0 N–H and O–H groups in total. The maximum Gasteiger partial charge on any atom is 0.129 e. The summed E-state index contributed by atoms with van der Waals surface area (Å²) in [6.45, 7) is 0. The van der Waals surface area contributed by atoms with Crippen molar-refractivity contribution in [3.63, 3.8) is 0 Å². The van der Waals surface area contributed by atoms with Crippen molar-refractivity contribution in [2.45, 2.75) is 24.1 Å². The summed E-state index contributed by atoms with van der Waals surface area (Å²) in [4.78, 5) is 2.47. The van der Waals surface area contributed by atoms with E-state index in [1.165, 1.54) is 22.9 Å². The molecular weight excluding hydrogens is 414 g/mol. The number of rotatable bonds is 2. The number of thiophene rings is 1. The molecule has 1 aliphatic carbocycles. The highest BCUT2D eigenvalue weighted by molar-refractivity contribution is 9.10. The summed E-state index contributed by atoms with van der Waals surface area (Å²) < 4.78 is 14.6. The van der Waals surface area contributed by atoms with Crippen LogP contribution in [-0.4, -0.2) is 0 Å². The molecule has 100 valence electrons. The van der Waals surface area contributed by atoms with E-state index < -0.39 is 0 Å². The Morgan fingerprint density at radius 1 is 1.26 bits per heavy atom. The van der Waals surface area contributed by atoms with Gasteiger partial charge in [0.15, 0.2) is 0 Å². The van der Waals surface area contributed by atoms with Crippen LogP contribution in [0.5, 0.6) is 0 Å². The molecule has 0 aliphatic heterocycles. The quantitative estimate of drug-likeness (QED) is 0.393. The number of aryl methyl sites for hydroxylation is 2. The Morgan fingerprint density at radius 2 is 2.05 bits per heavy atom. The Hall–Kier alpha value is 0.1000. The van der Waals surface area contributed by atoms with Gasteiger partial charge in [-0.25, -0.2) is 4.39 Å². The SMILES string of the molecule is Fc1cc(Br)c(Cl)cc1C(Br)c1cc2c(s1)CCC2. The molecule has 1 heterocycles. The van der Waals surface area contributed by atoms with E-state index in [4.69, 9.17) is 11.6 Å². The lowest BCUT2D eigenvalue weighted by Crippen LogP contribution is -1.95. The summed E-state index contributed by atoms with van der Waals surface area (Å²) in [5.74, 6) is -0.244. The summed E-state index contributed by atoms with van der Waals surface area (Å²) in [5, 5.41) is 0.532. The second-order valence-electron chi connectivity index (χ2n) is 4.60. The van der Waals surface area contributed by atoms with Gasteiger partial charge in [-0.05, 0) is 59.0 Å². The molecule has 1 atom stereocenters. The average molecular weight is 425 g/mol. The van der Waals surface area contributed by atoms with Crippen LogP contribution in [0.1, 0.15) is 32.1 Å². The highest BCUT2D eigenvalue weighted by Crippen LogP contribution is 2.42. The van der Waals surface area contributed by atoms with Crippen molar-refractivity contribution >= 4 is 54.8 Å². The van der Waals surface area contributed by atoms with Gasteiger partial charge in [0.25, 0.3) is 0 Å². The van der Waals surface area contributed by atoms with Crippen LogP contribution in [0, 0.1) is 5.82 Å². The molecule has 19 heavy (non-hydrogen) atoms. The number of fused-ring (bicyclic) bond motifs is 1. The number of alkyl halides is 1. The number of benzene rings is 1. The van der Waals surface area contributed by atoms with Gasteiger partial charge in [-0.1, -0.05) is 27.5 Å². The first-order valence-corrected chi connectivity index (χ1v) is 8.86. The van der Waals surface area contributed by atoms with E-state index in [0.29, 0.717) is 15.1 Å². The third-order valence-electron chi connectivity index (χ3n) is 3.33. The third kappa shape index (κ3) is 2.65. The predicted molar refractivity (Wildman–Crippen MR) is 86.2 cm³/mol. The zero-order chi connectivity index (χ0) is 13.6. The van der Waals surface area contributed by atoms with Crippen molar-refractivity contribution in [1.29, 1.82) is 0 Å². The van der Waals surface area contributed by atoms with Gasteiger partial charge in [0.1, 0.15) is 5.82 Å². The molecule has 0 radical (unpaired) electrons. The highest BCUT2D eigenvalue weighted by Gasteiger charge is 2.22. The van der Waals surface area contributed by atoms with E-state index in [2.05, 4.69) is 37.9 Å². The van der Waals surface area contributed by atoms with Crippen LogP contribution in [0.15, 0.2) is 22.7 Å². The second-order valence-corrected chi connectivity index (χ2v) is 7.95. The van der Waals surface area contributed by atoms with E-state index in [-0.39, 0.29) is 10.6 Å². The molecule has 0 saturated carbocycles. The van der Waals surface area contributed by atoms with Gasteiger partial charge in [0.2, 0.25) is 0 Å². The van der Waals surface area contributed by atoms with Gasteiger partial charge in [-0.3, -0.25) is 0 Å². The van der Waals surface area contributed by atoms with Crippen LogP contribution >= 0.6 is 54.8 Å². The summed E-state index contributed by atoms with van der Waals surface area (Å²) >= 11 is 14.7. The first kappa shape index (κ1) is 14.1. The molecule has 0 fully saturated rings. The Balaban J connectivity index is 1.99. The average Bonchev–Trinajstić information content (AvgIpc) is 2.93. The van der Waals surface area contributed by atoms with Crippen LogP contribution in [0.3, 0.4) is 0 Å². The van der Waals surface area contributed by atoms with Gasteiger partial charge in [0.05, 0.1) is 9.85 Å². The smallest absolute Gasteiger partial charge is 0.129 e. The zero-order valence-electron chi connectivity index (χ0n) is 9.85. The number of hydrogen-bond acceptors (Lipinski definition) is 1. The summed E-state index contributed by atoms with van der Waals surface area (Å²) in [7, 11) is 0. The van der Waals surface area contributed by atoms with Crippen LogP contribution in [0.4, 0.5) is 4.39 Å². The molecule has 1 aromatic carbocycles. The van der Waals surface area contributed by atoms with Crippen molar-refractivity contribution < 1.29 is 4.39 Å². The Morgan fingerprint density at radius 3 is 2.79 bits per heavy atom. The van der Waals surface area contributed by atoms with Gasteiger partial charge >= 0.3 is 0 Å². The third-order valence-corrected chi connectivity index (χ3v) is 7.12. The van der Waals surface area contributed by atoms with Crippen LogP contribution in [0.25, 0.3) is 0 Å². The van der Waals surface area contributed by atoms with Gasteiger partial charge < -0.3 is 0 Å². The molecule has 0 amide bonds. The molecule has 0 bridgehead atoms. The predicted octanol–water partition coefficient (Wildman–Crippen LogP) is 6.28. The second kappa shape index (κ2) is 5.47. The van der Waals surface area contributed by atoms with Crippen molar-refractivity contribution in [2.24, 2.45) is 0 Å². The summed E-state index contributed by atoms with van der Waals surface area (Å²) in [6.07, 6.45) is 3.55. The largest absolute Gasteiger partial charge is 0.207 e. The van der Waals surface area contributed by atoms with Crippen molar-refractivity contribution in [3.8, 4) is 0 Å². The van der Waals surface area contributed by atoms with Gasteiger partial charge in [-0.15, -0.1) is 11.3 Å². The van der Waals surface area contributed by atoms with E-state index >= 15 is 0 Å². The molecule has 0 nitrogen and oxygen atoms in total. The van der Waals surface area contributed by atoms with Crippen LogP contribution in [0.2, 0.25) is 5.02 Å². The summed E-state index contributed by atoms with van der Waals surface area (Å²) in [5.41, 5.74) is 2.01. The fourth-order valence-corrected chi connectivity index (χ4v) is 4.87. The molecule has 1 aliphatic rings. The lowest BCUT2D eigenvalue weighted by atomic mass is 10.1. The molecular formula is C14H10Br2ClFS. The molecule has 2 aromatic rings. The van der Waals surface area contributed by atoms with E-state index in [1.807, 2.05) is 0 Å². The lowest BCUT2D eigenvalue weighted by Gasteiger charge is -2.11. The minimum Gasteiger partial charge on any atom is -0.207 e. The maximum absolute atomic E-state index is 14.1. The van der Waals surface area contributed by atoms with Gasteiger partial charge in [-0.2, -0.15) is 0 Å². The fraction of sp³-hybridized carbons (Fsp3) is 0.286.